The van der Waals surface area contributed by atoms with Gasteiger partial charge in [0.2, 0.25) is 18.0 Å². The van der Waals surface area contributed by atoms with Crippen molar-refractivity contribution in [2.45, 2.75) is 72.8 Å². The average Bonchev–Trinajstić information content (AvgIpc) is 3.00. The summed E-state index contributed by atoms with van der Waals surface area (Å²) in [4.78, 5) is 0. The Hall–Kier alpha value is -1.59. The van der Waals surface area contributed by atoms with E-state index in [1.54, 1.807) is 0 Å². The van der Waals surface area contributed by atoms with E-state index in [0.29, 0.717) is 6.04 Å². The highest BCUT2D eigenvalue weighted by atomic mass is 16.5. The summed E-state index contributed by atoms with van der Waals surface area (Å²) >= 11 is 0. The van der Waals surface area contributed by atoms with Crippen molar-refractivity contribution in [1.29, 1.82) is 0 Å². The van der Waals surface area contributed by atoms with Crippen molar-refractivity contribution in [3.8, 4) is 0 Å². The highest BCUT2D eigenvalue weighted by Crippen LogP contribution is 2.07. The topological polar surface area (TPSA) is 54.2 Å². The van der Waals surface area contributed by atoms with Gasteiger partial charge in [0.1, 0.15) is 11.5 Å². The Kier molecular flexibility index (Phi) is 5.65. The van der Waals surface area contributed by atoms with Crippen LogP contribution in [0, 0.1) is 13.8 Å². The number of hydrogen-bond donors (Lipinski definition) is 2. The molecule has 1 unspecified atom stereocenters. The van der Waals surface area contributed by atoms with Gasteiger partial charge in [-0.3, -0.25) is 0 Å². The molecule has 0 radical (unpaired) electrons. The summed E-state index contributed by atoms with van der Waals surface area (Å²) in [5.41, 5.74) is 1.22. The lowest BCUT2D eigenvalue weighted by molar-refractivity contribution is -0.870. The molecule has 23 heavy (non-hydrogen) atoms. The molecule has 0 saturated heterocycles. The summed E-state index contributed by atoms with van der Waals surface area (Å²) < 4.78 is 13.5. The molecule has 1 atom stereocenters. The maximum Gasteiger partial charge on any atom is 0.228 e. The molecule has 0 spiro atoms. The molecule has 0 aliphatic rings. The van der Waals surface area contributed by atoms with Gasteiger partial charge < -0.3 is 15.1 Å². The van der Waals surface area contributed by atoms with E-state index in [-0.39, 0.29) is 5.54 Å². The first kappa shape index (κ1) is 17.8. The molecule has 0 amide bonds. The van der Waals surface area contributed by atoms with Gasteiger partial charge in [0, 0.05) is 12.5 Å². The standard InChI is InChI=1S/C18H30N3O2/c1-13(19-10-16-8-7-15(3)22-16)12-21-14(2)9-17(23-21)11-20-18(4,5)6/h7-9,13,19-20H,10-12H2,1-6H3/q+1. The lowest BCUT2D eigenvalue weighted by Crippen LogP contribution is -2.44. The van der Waals surface area contributed by atoms with E-state index in [1.165, 1.54) is 0 Å². The van der Waals surface area contributed by atoms with E-state index in [9.17, 15) is 0 Å². The van der Waals surface area contributed by atoms with Crippen LogP contribution in [0.2, 0.25) is 0 Å². The fourth-order valence-corrected chi connectivity index (χ4v) is 2.33. The highest BCUT2D eigenvalue weighted by molar-refractivity contribution is 5.05. The smallest absolute Gasteiger partial charge is 0.228 e. The number of furan rings is 1. The second kappa shape index (κ2) is 7.32. The number of aromatic nitrogens is 1. The first-order valence-electron chi connectivity index (χ1n) is 8.26. The molecule has 0 aliphatic heterocycles. The predicted molar refractivity (Wildman–Crippen MR) is 90.0 cm³/mol. The van der Waals surface area contributed by atoms with Gasteiger partial charge in [-0.1, -0.05) is 0 Å². The molecule has 2 N–H and O–H groups in total. The van der Waals surface area contributed by atoms with Crippen molar-refractivity contribution in [2.75, 3.05) is 0 Å². The quantitative estimate of drug-likeness (QED) is 0.770. The molecular formula is C18H30N3O2+. The lowest BCUT2D eigenvalue weighted by Gasteiger charge is -2.18. The minimum atomic E-state index is 0.0849. The van der Waals surface area contributed by atoms with Crippen molar-refractivity contribution < 1.29 is 13.7 Å². The molecule has 0 saturated carbocycles. The maximum absolute atomic E-state index is 5.93. The third-order valence-electron chi connectivity index (χ3n) is 3.64. The van der Waals surface area contributed by atoms with Crippen LogP contribution in [-0.4, -0.2) is 11.6 Å². The van der Waals surface area contributed by atoms with Gasteiger partial charge in [-0.25, -0.2) is 4.52 Å². The third-order valence-corrected chi connectivity index (χ3v) is 3.64. The molecular weight excluding hydrogens is 290 g/mol. The van der Waals surface area contributed by atoms with Gasteiger partial charge in [0.15, 0.2) is 0 Å². The van der Waals surface area contributed by atoms with Gasteiger partial charge in [-0.2, -0.15) is 0 Å². The van der Waals surface area contributed by atoms with Crippen LogP contribution < -0.4 is 15.4 Å². The SMILES string of the molecule is Cc1ccc(CNC(C)C[n+]2oc(CNC(C)(C)C)cc2C)o1. The summed E-state index contributed by atoms with van der Waals surface area (Å²) in [6.07, 6.45) is 0. The first-order valence-corrected chi connectivity index (χ1v) is 8.26. The Morgan fingerprint density at radius 2 is 1.87 bits per heavy atom. The van der Waals surface area contributed by atoms with E-state index in [2.05, 4.69) is 51.3 Å². The van der Waals surface area contributed by atoms with Gasteiger partial charge in [-0.15, -0.1) is 0 Å². The summed E-state index contributed by atoms with van der Waals surface area (Å²) in [5, 5.41) is 6.91. The maximum atomic E-state index is 5.93. The van der Waals surface area contributed by atoms with Gasteiger partial charge in [-0.05, 0) is 51.5 Å². The Morgan fingerprint density at radius 3 is 2.48 bits per heavy atom. The zero-order valence-electron chi connectivity index (χ0n) is 15.2. The second-order valence-corrected chi connectivity index (χ2v) is 7.30. The van der Waals surface area contributed by atoms with Crippen LogP contribution >= 0.6 is 0 Å². The summed E-state index contributed by atoms with van der Waals surface area (Å²) in [6, 6.07) is 6.39. The molecule has 2 aromatic rings. The van der Waals surface area contributed by atoms with Crippen LogP contribution in [0.3, 0.4) is 0 Å². The zero-order valence-corrected chi connectivity index (χ0v) is 15.2. The Balaban J connectivity index is 1.85. The molecule has 2 heterocycles. The second-order valence-electron chi connectivity index (χ2n) is 7.30. The molecule has 0 fully saturated rings. The molecule has 0 bridgehead atoms. The van der Waals surface area contributed by atoms with Crippen LogP contribution in [0.1, 0.15) is 50.7 Å². The van der Waals surface area contributed by atoms with E-state index in [4.69, 9.17) is 8.94 Å². The molecule has 128 valence electrons. The average molecular weight is 320 g/mol. The third kappa shape index (κ3) is 5.84. The number of nitrogens with one attached hydrogen (secondary N) is 2. The summed E-state index contributed by atoms with van der Waals surface area (Å²) in [6.45, 7) is 14.9. The van der Waals surface area contributed by atoms with Crippen LogP contribution in [0.4, 0.5) is 0 Å². The molecule has 5 nitrogen and oxygen atoms in total. The molecule has 0 aliphatic carbocycles. The van der Waals surface area contributed by atoms with Crippen LogP contribution in [0.5, 0.6) is 0 Å². The van der Waals surface area contributed by atoms with Gasteiger partial charge in [0.25, 0.3) is 0 Å². The van der Waals surface area contributed by atoms with Crippen LogP contribution in [0.15, 0.2) is 27.1 Å². The normalized spacial score (nSPS) is 13.5. The predicted octanol–water partition coefficient (Wildman–Crippen LogP) is 2.84. The molecule has 0 aromatic carbocycles. The Morgan fingerprint density at radius 1 is 1.13 bits per heavy atom. The van der Waals surface area contributed by atoms with Gasteiger partial charge >= 0.3 is 0 Å². The minimum Gasteiger partial charge on any atom is -0.465 e. The molecule has 2 rings (SSSR count). The monoisotopic (exact) mass is 320 g/mol. The first-order chi connectivity index (χ1) is 10.7. The van der Waals surface area contributed by atoms with Crippen molar-refractivity contribution in [3.63, 3.8) is 0 Å². The Bertz CT molecular complexity index is 622. The molecule has 2 aromatic heterocycles. The minimum absolute atomic E-state index is 0.0849. The van der Waals surface area contributed by atoms with Crippen LogP contribution in [0.25, 0.3) is 0 Å². The number of nitrogens with zero attached hydrogens (tertiary/aromatic N) is 1. The van der Waals surface area contributed by atoms with Crippen molar-refractivity contribution in [2.24, 2.45) is 0 Å². The number of hydrogen-bond acceptors (Lipinski definition) is 4. The van der Waals surface area contributed by atoms with Crippen molar-refractivity contribution >= 4 is 0 Å². The highest BCUT2D eigenvalue weighted by Gasteiger charge is 2.20. The van der Waals surface area contributed by atoms with Crippen molar-refractivity contribution in [3.05, 3.63) is 41.2 Å². The summed E-state index contributed by atoms with van der Waals surface area (Å²) in [5.74, 6) is 2.87. The van der Waals surface area contributed by atoms with Crippen molar-refractivity contribution in [1.82, 2.24) is 10.6 Å². The van der Waals surface area contributed by atoms with E-state index in [0.717, 1.165) is 42.6 Å². The number of rotatable bonds is 7. The lowest BCUT2D eigenvalue weighted by atomic mass is 10.1. The fourth-order valence-electron chi connectivity index (χ4n) is 2.33. The fraction of sp³-hybridized carbons (Fsp3) is 0.611. The largest absolute Gasteiger partial charge is 0.465 e. The van der Waals surface area contributed by atoms with E-state index < -0.39 is 0 Å². The zero-order chi connectivity index (χ0) is 17.0. The Labute approximate surface area is 139 Å². The van der Waals surface area contributed by atoms with Gasteiger partial charge in [0.05, 0.1) is 25.2 Å². The van der Waals surface area contributed by atoms with E-state index >= 15 is 0 Å². The summed E-state index contributed by atoms with van der Waals surface area (Å²) in [7, 11) is 0. The van der Waals surface area contributed by atoms with E-state index in [1.807, 2.05) is 23.8 Å². The number of aryl methyl sites for hydroxylation is 2. The molecule has 5 heteroatoms. The van der Waals surface area contributed by atoms with Crippen LogP contribution in [-0.2, 0) is 19.6 Å².